The van der Waals surface area contributed by atoms with Crippen LogP contribution in [0.2, 0.25) is 0 Å². The van der Waals surface area contributed by atoms with Crippen LogP contribution in [0.3, 0.4) is 0 Å². The van der Waals surface area contributed by atoms with Gasteiger partial charge in [0.05, 0.1) is 7.11 Å². The lowest BCUT2D eigenvalue weighted by molar-refractivity contribution is -0.138. The molecular weight excluding hydrogens is 232 g/mol. The average Bonchev–Trinajstić information content (AvgIpc) is 2.19. The van der Waals surface area contributed by atoms with Crippen LogP contribution in [0.4, 0.5) is 0 Å². The highest BCUT2D eigenvalue weighted by Gasteiger charge is 1.77. The van der Waals surface area contributed by atoms with Crippen LogP contribution in [0.15, 0.2) is 0 Å². The van der Waals surface area contributed by atoms with E-state index in [1.54, 1.807) is 6.92 Å². The Balaban J connectivity index is -0.0000000417. The topological polar surface area (TPSA) is 60.4 Å². The van der Waals surface area contributed by atoms with Crippen LogP contribution in [0, 0.1) is 0 Å². The standard InChI is InChI=1S/C4H8O.C3H6O2.C3H6O.C3H8.CH4/c1-3-4(2)5;1-3(4)5-2;1-3(2)4;1-3-2;/h3H2,1-2H3;1-2H3;1-2H3;3H2,1-2H3;1H4. The molecule has 0 aromatic heterocycles. The highest BCUT2D eigenvalue weighted by Crippen LogP contribution is 1.71. The highest BCUT2D eigenvalue weighted by molar-refractivity contribution is 5.74. The van der Waals surface area contributed by atoms with Gasteiger partial charge in [0, 0.05) is 13.3 Å². The molecule has 0 amide bonds. The Hall–Kier alpha value is -1.19. The first-order valence-electron chi connectivity index (χ1n) is 5.70. The molecule has 0 rings (SSSR count). The fraction of sp³-hybridized carbons (Fsp3) is 0.786. The molecule has 18 heavy (non-hydrogen) atoms. The van der Waals surface area contributed by atoms with E-state index >= 15 is 0 Å². The van der Waals surface area contributed by atoms with Gasteiger partial charge in [0.1, 0.15) is 11.6 Å². The second-order valence-electron chi connectivity index (χ2n) is 3.37. The third-order valence-corrected chi connectivity index (χ3v) is 0.785. The third kappa shape index (κ3) is 358. The largest absolute Gasteiger partial charge is 0.469 e. The number of methoxy groups -OCH3 is 1. The van der Waals surface area contributed by atoms with Crippen molar-refractivity contribution in [2.75, 3.05) is 7.11 Å². The minimum absolute atomic E-state index is 0. The van der Waals surface area contributed by atoms with Gasteiger partial charge in [-0.05, 0) is 20.8 Å². The molecular formula is C14H32O4. The van der Waals surface area contributed by atoms with E-state index in [4.69, 9.17) is 0 Å². The maximum Gasteiger partial charge on any atom is 0.302 e. The minimum atomic E-state index is -0.245. The zero-order valence-electron chi connectivity index (χ0n) is 12.5. The van der Waals surface area contributed by atoms with Gasteiger partial charge in [0.2, 0.25) is 0 Å². The highest BCUT2D eigenvalue weighted by atomic mass is 16.5. The predicted molar refractivity (Wildman–Crippen MR) is 77.7 cm³/mol. The van der Waals surface area contributed by atoms with Gasteiger partial charge in [-0.25, -0.2) is 0 Å². The summed E-state index contributed by atoms with van der Waals surface area (Å²) in [4.78, 5) is 28.8. The van der Waals surface area contributed by atoms with Gasteiger partial charge in [-0.15, -0.1) is 0 Å². The third-order valence-electron chi connectivity index (χ3n) is 0.785. The normalized spacial score (nSPS) is 6.44. The molecule has 4 heteroatoms. The molecule has 0 fully saturated rings. The van der Waals surface area contributed by atoms with Gasteiger partial charge in [0.25, 0.3) is 0 Å². The summed E-state index contributed by atoms with van der Waals surface area (Å²) in [7, 11) is 1.35. The molecule has 0 N–H and O–H groups in total. The Morgan fingerprint density at radius 2 is 1.00 bits per heavy atom. The molecule has 0 atom stereocenters. The van der Waals surface area contributed by atoms with Crippen LogP contribution in [0.1, 0.15) is 68.7 Å². The number of Topliss-reactive ketones (excluding diaryl/α,β-unsaturated/α-hetero) is 2. The molecule has 0 bridgehead atoms. The Bertz CT molecular complexity index is 168. The van der Waals surface area contributed by atoms with E-state index in [2.05, 4.69) is 18.6 Å². The Labute approximate surface area is 113 Å². The molecule has 0 aromatic carbocycles. The summed E-state index contributed by atoms with van der Waals surface area (Å²) in [6.07, 6.45) is 1.92. The zero-order valence-corrected chi connectivity index (χ0v) is 12.5. The molecule has 0 unspecified atom stereocenters. The fourth-order valence-electron chi connectivity index (χ4n) is 0. The molecule has 0 aliphatic heterocycles. The van der Waals surface area contributed by atoms with Crippen molar-refractivity contribution in [3.05, 3.63) is 0 Å². The van der Waals surface area contributed by atoms with Crippen molar-refractivity contribution in [2.45, 2.75) is 68.7 Å². The number of hydrogen-bond acceptors (Lipinski definition) is 4. The van der Waals surface area contributed by atoms with Crippen molar-refractivity contribution in [1.82, 2.24) is 0 Å². The summed E-state index contributed by atoms with van der Waals surface area (Å²) in [5.74, 6) is 0.176. The second kappa shape index (κ2) is 29.7. The number of carbonyl (C=O) groups excluding carboxylic acids is 3. The van der Waals surface area contributed by atoms with Crippen molar-refractivity contribution in [1.29, 1.82) is 0 Å². The number of esters is 1. The Kier molecular flexibility index (Phi) is 49.7. The lowest BCUT2D eigenvalue weighted by atomic mass is 10.4. The van der Waals surface area contributed by atoms with Gasteiger partial charge >= 0.3 is 5.97 Å². The van der Waals surface area contributed by atoms with E-state index in [0.29, 0.717) is 6.42 Å². The quantitative estimate of drug-likeness (QED) is 0.676. The molecule has 4 nitrogen and oxygen atoms in total. The van der Waals surface area contributed by atoms with Crippen molar-refractivity contribution in [3.63, 3.8) is 0 Å². The van der Waals surface area contributed by atoms with Gasteiger partial charge in [0.15, 0.2) is 0 Å². The summed E-state index contributed by atoms with van der Waals surface area (Å²) in [6.45, 7) is 12.1. The van der Waals surface area contributed by atoms with Crippen LogP contribution in [-0.4, -0.2) is 24.6 Å². The van der Waals surface area contributed by atoms with E-state index in [-0.39, 0.29) is 25.0 Å². The lowest BCUT2D eigenvalue weighted by Crippen LogP contribution is -1.88. The fourth-order valence-corrected chi connectivity index (χ4v) is 0. The van der Waals surface area contributed by atoms with Crippen molar-refractivity contribution >= 4 is 17.5 Å². The van der Waals surface area contributed by atoms with Crippen LogP contribution in [0.25, 0.3) is 0 Å². The smallest absolute Gasteiger partial charge is 0.302 e. The first-order chi connectivity index (χ1) is 7.69. The van der Waals surface area contributed by atoms with E-state index in [0.717, 1.165) is 0 Å². The molecule has 0 radical (unpaired) electrons. The van der Waals surface area contributed by atoms with E-state index in [9.17, 15) is 14.4 Å². The monoisotopic (exact) mass is 264 g/mol. The first kappa shape index (κ1) is 30.1. The molecule has 112 valence electrons. The van der Waals surface area contributed by atoms with Crippen LogP contribution in [0.5, 0.6) is 0 Å². The van der Waals surface area contributed by atoms with Gasteiger partial charge in [-0.2, -0.15) is 0 Å². The second-order valence-corrected chi connectivity index (χ2v) is 3.37. The van der Waals surface area contributed by atoms with Gasteiger partial charge in [-0.1, -0.05) is 34.6 Å². The SMILES string of the molecule is C.CC(C)=O.CCC.CCC(C)=O.COC(C)=O. The molecule has 0 saturated carbocycles. The van der Waals surface area contributed by atoms with E-state index in [1.807, 2.05) is 6.92 Å². The Morgan fingerprint density at radius 1 is 0.889 bits per heavy atom. The number of carbonyl (C=O) groups is 3. The summed E-state index contributed by atoms with van der Waals surface area (Å²) >= 11 is 0. The maximum atomic E-state index is 9.81. The zero-order chi connectivity index (χ0) is 14.9. The van der Waals surface area contributed by atoms with Crippen molar-refractivity contribution < 1.29 is 19.1 Å². The first-order valence-corrected chi connectivity index (χ1v) is 5.70. The Morgan fingerprint density at radius 3 is 1.00 bits per heavy atom. The molecule has 0 aliphatic rings. The summed E-state index contributed by atoms with van der Waals surface area (Å²) in [5.41, 5.74) is 0. The van der Waals surface area contributed by atoms with E-state index in [1.165, 1.54) is 34.3 Å². The van der Waals surface area contributed by atoms with Crippen LogP contribution < -0.4 is 0 Å². The van der Waals surface area contributed by atoms with Crippen molar-refractivity contribution in [3.8, 4) is 0 Å². The number of hydrogen-bond donors (Lipinski definition) is 0. The minimum Gasteiger partial charge on any atom is -0.469 e. The maximum absolute atomic E-state index is 9.81. The molecule has 0 aromatic rings. The van der Waals surface area contributed by atoms with E-state index < -0.39 is 0 Å². The van der Waals surface area contributed by atoms with Crippen LogP contribution in [-0.2, 0) is 19.1 Å². The average molecular weight is 264 g/mol. The number of ether oxygens (including phenoxy) is 1. The van der Waals surface area contributed by atoms with Crippen molar-refractivity contribution in [2.24, 2.45) is 0 Å². The van der Waals surface area contributed by atoms with Gasteiger partial charge in [-0.3, -0.25) is 4.79 Å². The molecule has 0 heterocycles. The number of rotatable bonds is 1. The lowest BCUT2D eigenvalue weighted by Gasteiger charge is -1.80. The molecule has 0 saturated heterocycles. The van der Waals surface area contributed by atoms with Crippen LogP contribution >= 0.6 is 0 Å². The molecule has 0 spiro atoms. The molecule has 0 aliphatic carbocycles. The predicted octanol–water partition coefficient (Wildman–Crippen LogP) is 3.81. The summed E-state index contributed by atoms with van der Waals surface area (Å²) < 4.78 is 4.11. The summed E-state index contributed by atoms with van der Waals surface area (Å²) in [6, 6.07) is 0. The van der Waals surface area contributed by atoms with Gasteiger partial charge < -0.3 is 14.3 Å². The number of ketones is 2. The summed E-state index contributed by atoms with van der Waals surface area (Å²) in [5, 5.41) is 0.